The summed E-state index contributed by atoms with van der Waals surface area (Å²) in [7, 11) is 0. The summed E-state index contributed by atoms with van der Waals surface area (Å²) >= 11 is 0. The number of amides is 1. The van der Waals surface area contributed by atoms with E-state index in [9.17, 15) is 13.6 Å². The van der Waals surface area contributed by atoms with Crippen molar-refractivity contribution in [3.8, 4) is 0 Å². The van der Waals surface area contributed by atoms with Gasteiger partial charge < -0.3 is 20.6 Å². The van der Waals surface area contributed by atoms with Crippen molar-refractivity contribution in [3.63, 3.8) is 0 Å². The van der Waals surface area contributed by atoms with Gasteiger partial charge in [-0.25, -0.2) is 13.8 Å². The van der Waals surface area contributed by atoms with E-state index in [1.54, 1.807) is 0 Å². The van der Waals surface area contributed by atoms with Crippen molar-refractivity contribution in [2.24, 2.45) is 5.73 Å². The highest BCUT2D eigenvalue weighted by molar-refractivity contribution is 5.91. The van der Waals surface area contributed by atoms with E-state index in [1.807, 2.05) is 0 Å². The van der Waals surface area contributed by atoms with Crippen LogP contribution in [0, 0.1) is 11.6 Å². The van der Waals surface area contributed by atoms with Gasteiger partial charge in [-0.2, -0.15) is 0 Å². The predicted molar refractivity (Wildman–Crippen MR) is 68.0 cm³/mol. The highest BCUT2D eigenvalue weighted by Gasteiger charge is 2.16. The first-order valence-electron chi connectivity index (χ1n) is 6.05. The Bertz CT molecular complexity index is 645. The minimum Gasteiger partial charge on any atom is -0.446 e. The number of carbonyl (C=O) groups is 1. The Morgan fingerprint density at radius 3 is 2.90 bits per heavy atom. The van der Waals surface area contributed by atoms with Gasteiger partial charge in [-0.1, -0.05) is 6.07 Å². The minimum absolute atomic E-state index is 0.0237. The van der Waals surface area contributed by atoms with Crippen LogP contribution in [0.4, 0.5) is 8.78 Å². The molecule has 6 nitrogen and oxygen atoms in total. The van der Waals surface area contributed by atoms with Gasteiger partial charge in [-0.15, -0.1) is 0 Å². The zero-order chi connectivity index (χ0) is 15.4. The van der Waals surface area contributed by atoms with Gasteiger partial charge in [0.1, 0.15) is 23.9 Å². The van der Waals surface area contributed by atoms with Gasteiger partial charge in [0, 0.05) is 18.2 Å². The molecule has 0 saturated heterocycles. The normalized spacial score (nSPS) is 12.2. The summed E-state index contributed by atoms with van der Waals surface area (Å²) < 4.78 is 31.1. The first-order chi connectivity index (χ1) is 10.0. The van der Waals surface area contributed by atoms with Crippen molar-refractivity contribution < 1.29 is 23.1 Å². The molecule has 0 fully saturated rings. The fourth-order valence-electron chi connectivity index (χ4n) is 1.57. The summed E-state index contributed by atoms with van der Waals surface area (Å²) in [5, 5.41) is 11.3. The van der Waals surface area contributed by atoms with E-state index in [0.717, 1.165) is 18.4 Å². The number of benzene rings is 1. The maximum absolute atomic E-state index is 13.4. The molecule has 1 amide bonds. The Balaban J connectivity index is 2.00. The number of rotatable bonds is 5. The van der Waals surface area contributed by atoms with E-state index in [-0.39, 0.29) is 30.3 Å². The monoisotopic (exact) mass is 297 g/mol. The average molecular weight is 297 g/mol. The van der Waals surface area contributed by atoms with Crippen LogP contribution < -0.4 is 11.1 Å². The summed E-state index contributed by atoms with van der Waals surface area (Å²) in [4.78, 5) is 15.6. The van der Waals surface area contributed by atoms with Crippen LogP contribution in [0.15, 0.2) is 28.9 Å². The maximum atomic E-state index is 13.4. The molecular weight excluding hydrogens is 284 g/mol. The van der Waals surface area contributed by atoms with Gasteiger partial charge in [0.2, 0.25) is 5.89 Å². The van der Waals surface area contributed by atoms with E-state index in [4.69, 9.17) is 15.3 Å². The molecular formula is C13H13F2N3O3. The molecule has 21 heavy (non-hydrogen) atoms. The van der Waals surface area contributed by atoms with Crippen LogP contribution in [0.2, 0.25) is 0 Å². The van der Waals surface area contributed by atoms with Crippen LogP contribution in [-0.2, 0) is 6.54 Å². The van der Waals surface area contributed by atoms with Gasteiger partial charge in [0.15, 0.2) is 5.69 Å². The number of aliphatic hydroxyl groups is 1. The van der Waals surface area contributed by atoms with Crippen LogP contribution in [0.1, 0.15) is 28.0 Å². The Hall–Kier alpha value is -2.32. The molecule has 1 aromatic heterocycles. The van der Waals surface area contributed by atoms with Crippen LogP contribution in [0.5, 0.6) is 0 Å². The lowest BCUT2D eigenvalue weighted by atomic mass is 10.2. The Labute approximate surface area is 118 Å². The van der Waals surface area contributed by atoms with Crippen LogP contribution in [0.3, 0.4) is 0 Å². The standard InChI is InChI=1S/C13H13F2N3O3/c14-8-2-1-7(9(15)3-8)4-17-12(20)11-6-21-13(18-11)10(16)5-19/h1-3,6,10,19H,4-5,16H2,(H,17,20). The lowest BCUT2D eigenvalue weighted by molar-refractivity contribution is 0.0945. The number of aliphatic hydroxyl groups excluding tert-OH is 1. The molecule has 0 saturated carbocycles. The van der Waals surface area contributed by atoms with E-state index in [2.05, 4.69) is 10.3 Å². The molecule has 8 heteroatoms. The third kappa shape index (κ3) is 3.61. The number of hydrogen-bond donors (Lipinski definition) is 3. The number of nitrogens with zero attached hydrogens (tertiary/aromatic N) is 1. The molecule has 1 unspecified atom stereocenters. The highest BCUT2D eigenvalue weighted by Crippen LogP contribution is 2.11. The van der Waals surface area contributed by atoms with Crippen molar-refractivity contribution in [2.75, 3.05) is 6.61 Å². The SMILES string of the molecule is NC(CO)c1nc(C(=O)NCc2ccc(F)cc2F)co1. The molecule has 1 heterocycles. The number of hydrogen-bond acceptors (Lipinski definition) is 5. The quantitative estimate of drug-likeness (QED) is 0.760. The predicted octanol–water partition coefficient (Wildman–Crippen LogP) is 0.875. The number of nitrogens with two attached hydrogens (primary N) is 1. The van der Waals surface area contributed by atoms with Gasteiger partial charge >= 0.3 is 0 Å². The van der Waals surface area contributed by atoms with Gasteiger partial charge in [-0.3, -0.25) is 4.79 Å². The molecule has 0 aliphatic heterocycles. The fraction of sp³-hybridized carbons (Fsp3) is 0.231. The molecule has 0 aliphatic carbocycles. The van der Waals surface area contributed by atoms with Crippen LogP contribution in [-0.4, -0.2) is 22.6 Å². The molecule has 2 rings (SSSR count). The zero-order valence-corrected chi connectivity index (χ0v) is 10.8. The third-order valence-electron chi connectivity index (χ3n) is 2.72. The molecule has 1 atom stereocenters. The van der Waals surface area contributed by atoms with Crippen molar-refractivity contribution in [1.29, 1.82) is 0 Å². The van der Waals surface area contributed by atoms with Crippen molar-refractivity contribution in [2.45, 2.75) is 12.6 Å². The van der Waals surface area contributed by atoms with Crippen molar-refractivity contribution >= 4 is 5.91 Å². The maximum Gasteiger partial charge on any atom is 0.273 e. The molecule has 0 spiro atoms. The van der Waals surface area contributed by atoms with E-state index in [1.165, 1.54) is 6.07 Å². The highest BCUT2D eigenvalue weighted by atomic mass is 19.1. The first-order valence-corrected chi connectivity index (χ1v) is 6.05. The number of carbonyl (C=O) groups excluding carboxylic acids is 1. The summed E-state index contributed by atoms with van der Waals surface area (Å²) in [5.74, 6) is -2.02. The second-order valence-electron chi connectivity index (χ2n) is 4.28. The van der Waals surface area contributed by atoms with Crippen molar-refractivity contribution in [3.05, 3.63) is 53.2 Å². The molecule has 112 valence electrons. The van der Waals surface area contributed by atoms with Crippen LogP contribution in [0.25, 0.3) is 0 Å². The second-order valence-corrected chi connectivity index (χ2v) is 4.28. The first kappa shape index (κ1) is 15.1. The van der Waals surface area contributed by atoms with E-state index in [0.29, 0.717) is 0 Å². The van der Waals surface area contributed by atoms with Gasteiger partial charge in [0.05, 0.1) is 6.61 Å². The topological polar surface area (TPSA) is 101 Å². The molecule has 2 aromatic rings. The molecule has 4 N–H and O–H groups in total. The summed E-state index contributed by atoms with van der Waals surface area (Å²) in [5.41, 5.74) is 5.58. The third-order valence-corrected chi connectivity index (χ3v) is 2.72. The Morgan fingerprint density at radius 1 is 1.48 bits per heavy atom. The number of oxazole rings is 1. The fourth-order valence-corrected chi connectivity index (χ4v) is 1.57. The number of aromatic nitrogens is 1. The van der Waals surface area contributed by atoms with Gasteiger partial charge in [0.25, 0.3) is 5.91 Å². The second kappa shape index (κ2) is 6.42. The molecule has 1 aromatic carbocycles. The Morgan fingerprint density at radius 2 is 2.24 bits per heavy atom. The lowest BCUT2D eigenvalue weighted by Gasteiger charge is -2.04. The zero-order valence-electron chi connectivity index (χ0n) is 10.8. The lowest BCUT2D eigenvalue weighted by Crippen LogP contribution is -2.24. The summed E-state index contributed by atoms with van der Waals surface area (Å²) in [6.45, 7) is -0.498. The van der Waals surface area contributed by atoms with Gasteiger partial charge in [-0.05, 0) is 6.07 Å². The minimum atomic E-state index is -0.818. The Kier molecular flexibility index (Phi) is 4.61. The molecule has 0 radical (unpaired) electrons. The van der Waals surface area contributed by atoms with Crippen LogP contribution >= 0.6 is 0 Å². The average Bonchev–Trinajstić information content (AvgIpc) is 2.95. The molecule has 0 aliphatic rings. The summed E-state index contributed by atoms with van der Waals surface area (Å²) in [6, 6.07) is 2.25. The van der Waals surface area contributed by atoms with E-state index < -0.39 is 23.6 Å². The van der Waals surface area contributed by atoms with Crippen molar-refractivity contribution in [1.82, 2.24) is 10.3 Å². The smallest absolute Gasteiger partial charge is 0.273 e. The number of halogens is 2. The molecule has 0 bridgehead atoms. The summed E-state index contributed by atoms with van der Waals surface area (Å²) in [6.07, 6.45) is 1.08. The van der Waals surface area contributed by atoms with E-state index >= 15 is 0 Å². The largest absolute Gasteiger partial charge is 0.446 e. The number of nitrogens with one attached hydrogen (secondary N) is 1.